The van der Waals surface area contributed by atoms with Gasteiger partial charge >= 0.3 is 5.97 Å². The zero-order valence-corrected chi connectivity index (χ0v) is 14.5. The van der Waals surface area contributed by atoms with Crippen molar-refractivity contribution in [2.24, 2.45) is 5.92 Å². The monoisotopic (exact) mass is 367 g/mol. The number of esters is 1. The van der Waals surface area contributed by atoms with Crippen LogP contribution in [0.15, 0.2) is 0 Å². The van der Waals surface area contributed by atoms with Crippen molar-refractivity contribution in [2.45, 2.75) is 44.0 Å². The number of carbonyl (C=O) groups is 2. The van der Waals surface area contributed by atoms with Gasteiger partial charge in [-0.15, -0.1) is 0 Å². The van der Waals surface area contributed by atoms with Crippen LogP contribution in [0.4, 0.5) is 0 Å². The van der Waals surface area contributed by atoms with Crippen LogP contribution >= 0.6 is 0 Å². The van der Waals surface area contributed by atoms with E-state index < -0.39 is 58.1 Å². The third-order valence-corrected chi connectivity index (χ3v) is 4.36. The second-order valence-corrected chi connectivity index (χ2v) is 7.80. The normalized spacial score (nSPS) is 35.7. The van der Waals surface area contributed by atoms with Gasteiger partial charge in [-0.25, -0.2) is 0 Å². The Labute approximate surface area is 139 Å². The molecule has 2 saturated heterocycles. The fraction of sp³-hybridized carbons (Fsp3) is 0.846. The van der Waals surface area contributed by atoms with E-state index >= 15 is 0 Å². The fourth-order valence-electron chi connectivity index (χ4n) is 2.88. The molecule has 5 atom stereocenters. The van der Waals surface area contributed by atoms with Crippen molar-refractivity contribution in [3.05, 3.63) is 0 Å². The molecule has 11 heteroatoms. The molecule has 10 nitrogen and oxygen atoms in total. The number of aliphatic hydroxyl groups excluding tert-OH is 1. The average Bonchev–Trinajstić information content (AvgIpc) is 2.92. The van der Waals surface area contributed by atoms with Crippen LogP contribution in [0.1, 0.15) is 13.8 Å². The Morgan fingerprint density at radius 3 is 2.54 bits per heavy atom. The highest BCUT2D eigenvalue weighted by Gasteiger charge is 2.56. The summed E-state index contributed by atoms with van der Waals surface area (Å²) in [5, 5.41) is 12.4. The molecule has 1 amide bonds. The SMILES string of the molecule is COC(=O)[C@@H]1[C@@H]([C@@H]2OC(C)(C)O[C@@H]2COS(C)(=O)=O)NC(=O)[C@H]1O. The Hall–Kier alpha value is -1.27. The molecule has 0 radical (unpaired) electrons. The van der Waals surface area contributed by atoms with Crippen molar-refractivity contribution in [3.8, 4) is 0 Å². The van der Waals surface area contributed by atoms with E-state index in [1.165, 1.54) is 0 Å². The van der Waals surface area contributed by atoms with E-state index in [0.717, 1.165) is 13.4 Å². The zero-order valence-electron chi connectivity index (χ0n) is 13.7. The van der Waals surface area contributed by atoms with E-state index in [-0.39, 0.29) is 6.61 Å². The predicted molar refractivity (Wildman–Crippen MR) is 78.1 cm³/mol. The molecule has 2 aliphatic rings. The van der Waals surface area contributed by atoms with Gasteiger partial charge in [0, 0.05) is 0 Å². The molecular weight excluding hydrogens is 346 g/mol. The lowest BCUT2D eigenvalue weighted by Gasteiger charge is -2.26. The second-order valence-electron chi connectivity index (χ2n) is 6.16. The van der Waals surface area contributed by atoms with Gasteiger partial charge in [0.2, 0.25) is 5.91 Å². The van der Waals surface area contributed by atoms with Gasteiger partial charge in [-0.05, 0) is 13.8 Å². The predicted octanol–water partition coefficient (Wildman–Crippen LogP) is -1.87. The lowest BCUT2D eigenvalue weighted by atomic mass is 9.92. The summed E-state index contributed by atoms with van der Waals surface area (Å²) in [5.74, 6) is -3.83. The standard InChI is InChI=1S/C13H21NO9S/c1-13(2)22-6(5-21-24(4,18)19)10(23-13)8-7(12(17)20-3)9(15)11(16)14-8/h6-10,15H,5H2,1-4H3,(H,14,16)/t6-,7-,8+,9+,10-/m1/s1. The molecule has 24 heavy (non-hydrogen) atoms. The maximum Gasteiger partial charge on any atom is 0.314 e. The summed E-state index contributed by atoms with van der Waals surface area (Å²) in [6.07, 6.45) is -2.49. The van der Waals surface area contributed by atoms with Crippen LogP contribution in [-0.2, 0) is 38.1 Å². The number of methoxy groups -OCH3 is 1. The highest BCUT2D eigenvalue weighted by molar-refractivity contribution is 7.85. The van der Waals surface area contributed by atoms with Crippen molar-refractivity contribution in [2.75, 3.05) is 20.0 Å². The van der Waals surface area contributed by atoms with E-state index in [1.807, 2.05) is 0 Å². The van der Waals surface area contributed by atoms with Crippen LogP contribution in [0.2, 0.25) is 0 Å². The van der Waals surface area contributed by atoms with Gasteiger partial charge in [-0.2, -0.15) is 8.42 Å². The summed E-state index contributed by atoms with van der Waals surface area (Å²) in [6.45, 7) is 2.84. The van der Waals surface area contributed by atoms with Crippen LogP contribution in [0.3, 0.4) is 0 Å². The van der Waals surface area contributed by atoms with Crippen molar-refractivity contribution in [1.82, 2.24) is 5.32 Å². The first-order valence-corrected chi connectivity index (χ1v) is 9.03. The largest absolute Gasteiger partial charge is 0.469 e. The molecule has 0 saturated carbocycles. The van der Waals surface area contributed by atoms with Crippen molar-refractivity contribution < 1.29 is 41.5 Å². The Kier molecular flexibility index (Phi) is 5.21. The van der Waals surface area contributed by atoms with E-state index in [0.29, 0.717) is 0 Å². The first-order chi connectivity index (χ1) is 10.9. The van der Waals surface area contributed by atoms with Crippen molar-refractivity contribution >= 4 is 22.0 Å². The van der Waals surface area contributed by atoms with Gasteiger partial charge in [0.1, 0.15) is 24.2 Å². The number of hydrogen-bond donors (Lipinski definition) is 2. The molecule has 138 valence electrons. The summed E-state index contributed by atoms with van der Waals surface area (Å²) in [7, 11) is -2.58. The number of aliphatic hydroxyl groups is 1. The first kappa shape index (κ1) is 19.1. The summed E-state index contributed by atoms with van der Waals surface area (Å²) in [4.78, 5) is 23.7. The third-order valence-electron chi connectivity index (χ3n) is 3.80. The Morgan fingerprint density at radius 2 is 2.00 bits per heavy atom. The molecule has 0 aromatic heterocycles. The highest BCUT2D eigenvalue weighted by Crippen LogP contribution is 2.35. The van der Waals surface area contributed by atoms with Gasteiger partial charge in [-0.3, -0.25) is 13.8 Å². The second kappa shape index (κ2) is 6.56. The average molecular weight is 367 g/mol. The van der Waals surface area contributed by atoms with Crippen molar-refractivity contribution in [3.63, 3.8) is 0 Å². The van der Waals surface area contributed by atoms with Gasteiger partial charge in [-0.1, -0.05) is 0 Å². The summed E-state index contributed by atoms with van der Waals surface area (Å²) < 4.78 is 43.1. The number of carbonyl (C=O) groups excluding carboxylic acids is 2. The number of ether oxygens (including phenoxy) is 3. The quantitative estimate of drug-likeness (QED) is 0.423. The minimum absolute atomic E-state index is 0.358. The molecule has 2 rings (SSSR count). The fourth-order valence-corrected chi connectivity index (χ4v) is 3.27. The summed E-state index contributed by atoms with van der Waals surface area (Å²) in [5.41, 5.74) is 0. The van der Waals surface area contributed by atoms with Crippen LogP contribution in [0, 0.1) is 5.92 Å². The van der Waals surface area contributed by atoms with E-state index in [4.69, 9.17) is 13.7 Å². The number of rotatable bonds is 5. The topological polar surface area (TPSA) is 137 Å². The van der Waals surface area contributed by atoms with Gasteiger partial charge in [0.25, 0.3) is 10.1 Å². The number of hydrogen-bond acceptors (Lipinski definition) is 9. The smallest absolute Gasteiger partial charge is 0.314 e. The molecule has 0 bridgehead atoms. The maximum atomic E-state index is 11.9. The van der Waals surface area contributed by atoms with E-state index in [2.05, 4.69) is 10.1 Å². The minimum atomic E-state index is -3.72. The molecule has 2 fully saturated rings. The van der Waals surface area contributed by atoms with Crippen molar-refractivity contribution in [1.29, 1.82) is 0 Å². The highest BCUT2D eigenvalue weighted by atomic mass is 32.2. The lowest BCUT2D eigenvalue weighted by Crippen LogP contribution is -2.49. The Morgan fingerprint density at radius 1 is 1.38 bits per heavy atom. The van der Waals surface area contributed by atoms with E-state index in [9.17, 15) is 23.1 Å². The molecule has 0 unspecified atom stereocenters. The van der Waals surface area contributed by atoms with Crippen LogP contribution in [-0.4, -0.2) is 75.5 Å². The summed E-state index contributed by atoms with van der Waals surface area (Å²) in [6, 6.07) is -0.949. The van der Waals surface area contributed by atoms with Crippen LogP contribution in [0.25, 0.3) is 0 Å². The Bertz CT molecular complexity index is 617. The van der Waals surface area contributed by atoms with Crippen LogP contribution in [0.5, 0.6) is 0 Å². The molecule has 2 aliphatic heterocycles. The van der Waals surface area contributed by atoms with Gasteiger partial charge in [0.05, 0.1) is 26.0 Å². The van der Waals surface area contributed by atoms with Crippen LogP contribution < -0.4 is 5.32 Å². The molecule has 2 heterocycles. The Balaban J connectivity index is 2.25. The molecule has 0 aromatic rings. The summed E-state index contributed by atoms with van der Waals surface area (Å²) >= 11 is 0. The maximum absolute atomic E-state index is 11.9. The van der Waals surface area contributed by atoms with Gasteiger partial charge < -0.3 is 24.6 Å². The molecule has 0 aliphatic carbocycles. The molecule has 0 aromatic carbocycles. The number of nitrogens with one attached hydrogen (secondary N) is 1. The number of amides is 1. The first-order valence-electron chi connectivity index (χ1n) is 7.21. The molecule has 2 N–H and O–H groups in total. The van der Waals surface area contributed by atoms with E-state index in [1.54, 1.807) is 13.8 Å². The minimum Gasteiger partial charge on any atom is -0.469 e. The molecular formula is C13H21NO9S. The lowest BCUT2D eigenvalue weighted by molar-refractivity contribution is -0.158. The van der Waals surface area contributed by atoms with Gasteiger partial charge in [0.15, 0.2) is 5.79 Å². The molecule has 0 spiro atoms. The third kappa shape index (κ3) is 4.03. The zero-order chi connectivity index (χ0) is 18.3.